The Morgan fingerprint density at radius 1 is 1.33 bits per heavy atom. The van der Waals surface area contributed by atoms with Crippen LogP contribution in [0.5, 0.6) is 0 Å². The van der Waals surface area contributed by atoms with Gasteiger partial charge >= 0.3 is 0 Å². The van der Waals surface area contributed by atoms with Gasteiger partial charge in [0.15, 0.2) is 0 Å². The van der Waals surface area contributed by atoms with Crippen molar-refractivity contribution in [3.63, 3.8) is 0 Å². The van der Waals surface area contributed by atoms with Crippen molar-refractivity contribution in [1.29, 1.82) is 0 Å². The Hall–Kier alpha value is -0.880. The minimum Gasteiger partial charge on any atom is -0.376 e. The van der Waals surface area contributed by atoms with Crippen LogP contribution in [0, 0.1) is 11.3 Å². The number of carbonyl (C=O) groups excluding carboxylic acids is 1. The van der Waals surface area contributed by atoms with Crippen LogP contribution in [-0.4, -0.2) is 55.9 Å². The molecular formula is C20H27Cl2FN2O2. The van der Waals surface area contributed by atoms with E-state index in [0.29, 0.717) is 35.1 Å². The van der Waals surface area contributed by atoms with Crippen molar-refractivity contribution in [2.24, 2.45) is 11.3 Å². The van der Waals surface area contributed by atoms with Crippen molar-refractivity contribution in [3.8, 4) is 0 Å². The largest absolute Gasteiger partial charge is 0.376 e. The number of hydrogen-bond acceptors (Lipinski definition) is 3. The number of nitrogens with one attached hydrogen (secondary N) is 1. The van der Waals surface area contributed by atoms with Gasteiger partial charge in [0.2, 0.25) is 0 Å². The summed E-state index contributed by atoms with van der Waals surface area (Å²) in [4.78, 5) is 14.4. The van der Waals surface area contributed by atoms with Crippen LogP contribution in [0.25, 0.3) is 0 Å². The lowest BCUT2D eigenvalue weighted by Crippen LogP contribution is -2.49. The highest BCUT2D eigenvalue weighted by Gasteiger charge is 2.38. The normalized spacial score (nSPS) is 28.3. The molecule has 1 N–H and O–H groups in total. The summed E-state index contributed by atoms with van der Waals surface area (Å²) < 4.78 is 20.5. The third-order valence-corrected chi connectivity index (χ3v) is 6.21. The van der Waals surface area contributed by atoms with E-state index in [9.17, 15) is 9.18 Å². The summed E-state index contributed by atoms with van der Waals surface area (Å²) in [6, 6.07) is 4.69. The van der Waals surface area contributed by atoms with Gasteiger partial charge in [-0.1, -0.05) is 37.0 Å². The average molecular weight is 417 g/mol. The first-order chi connectivity index (χ1) is 12.7. The number of alkyl halides is 1. The number of nitrogens with zero attached hydrogens (tertiary/aromatic N) is 1. The molecule has 3 rings (SSSR count). The molecular weight excluding hydrogens is 390 g/mol. The molecule has 0 bridgehead atoms. The highest BCUT2D eigenvalue weighted by molar-refractivity contribution is 6.35. The number of carbonyl (C=O) groups is 1. The Balaban J connectivity index is 1.48. The van der Waals surface area contributed by atoms with E-state index in [2.05, 4.69) is 24.1 Å². The lowest BCUT2D eigenvalue weighted by atomic mass is 9.85. The Morgan fingerprint density at radius 2 is 2.04 bits per heavy atom. The zero-order chi connectivity index (χ0) is 19.6. The Morgan fingerprint density at radius 3 is 2.63 bits per heavy atom. The zero-order valence-corrected chi connectivity index (χ0v) is 17.3. The summed E-state index contributed by atoms with van der Waals surface area (Å²) in [5.41, 5.74) is 0.537. The molecule has 2 aliphatic heterocycles. The van der Waals surface area contributed by atoms with E-state index >= 15 is 0 Å². The van der Waals surface area contributed by atoms with Crippen molar-refractivity contribution in [2.45, 2.75) is 39.0 Å². The van der Waals surface area contributed by atoms with Crippen LogP contribution >= 0.6 is 23.2 Å². The number of likely N-dealkylation sites (tertiary alicyclic amines) is 1. The second-order valence-electron chi connectivity index (χ2n) is 8.29. The van der Waals surface area contributed by atoms with Gasteiger partial charge in [0.05, 0.1) is 6.10 Å². The first-order valence-corrected chi connectivity index (χ1v) is 10.2. The molecule has 1 amide bonds. The van der Waals surface area contributed by atoms with Crippen molar-refractivity contribution in [3.05, 3.63) is 33.8 Å². The smallest absolute Gasteiger partial charge is 0.251 e. The lowest BCUT2D eigenvalue weighted by molar-refractivity contribution is 0.00414. The van der Waals surface area contributed by atoms with Crippen LogP contribution in [0.2, 0.25) is 10.0 Å². The molecule has 7 heteroatoms. The molecule has 2 saturated heterocycles. The number of amides is 1. The molecule has 0 spiro atoms. The third-order valence-electron chi connectivity index (χ3n) is 5.77. The standard InChI is InChI=1S/C20H27Cl2FN2O2/c1-20(2)4-6-27-18(20)12-25-5-3-13(17(23)11-25)10-24-19(26)14-7-15(21)9-16(22)8-14/h7-9,13,17-18H,3-6,10-12H2,1-2H3,(H,24,26)/t13-,17-,18?/m1/s1. The van der Waals surface area contributed by atoms with Crippen LogP contribution < -0.4 is 5.32 Å². The van der Waals surface area contributed by atoms with Gasteiger partial charge in [0, 0.05) is 47.8 Å². The number of piperidine rings is 1. The fourth-order valence-corrected chi connectivity index (χ4v) is 4.33. The Bertz CT molecular complexity index is 666. The van der Waals surface area contributed by atoms with Crippen LogP contribution in [0.3, 0.4) is 0 Å². The van der Waals surface area contributed by atoms with Gasteiger partial charge in [-0.15, -0.1) is 0 Å². The molecule has 3 atom stereocenters. The summed E-state index contributed by atoms with van der Waals surface area (Å²) in [6.07, 6.45) is 0.956. The average Bonchev–Trinajstić information content (AvgIpc) is 2.91. The summed E-state index contributed by atoms with van der Waals surface area (Å²) >= 11 is 11.9. The first kappa shape index (κ1) is 20.8. The van der Waals surface area contributed by atoms with E-state index in [4.69, 9.17) is 27.9 Å². The third kappa shape index (κ3) is 5.35. The molecule has 0 aliphatic carbocycles. The maximum atomic E-state index is 14.7. The van der Waals surface area contributed by atoms with Gasteiger partial charge in [0.25, 0.3) is 5.91 Å². The Labute approximate surface area is 170 Å². The number of ether oxygens (including phenoxy) is 1. The van der Waals surface area contributed by atoms with E-state index in [1.807, 2.05) is 0 Å². The van der Waals surface area contributed by atoms with E-state index < -0.39 is 6.17 Å². The first-order valence-electron chi connectivity index (χ1n) is 9.47. The molecule has 27 heavy (non-hydrogen) atoms. The predicted octanol–water partition coefficient (Wildman–Crippen LogP) is 4.20. The van der Waals surface area contributed by atoms with Gasteiger partial charge < -0.3 is 10.1 Å². The van der Waals surface area contributed by atoms with Gasteiger partial charge in [-0.25, -0.2) is 4.39 Å². The quantitative estimate of drug-likeness (QED) is 0.781. The van der Waals surface area contributed by atoms with Crippen molar-refractivity contribution in [1.82, 2.24) is 10.2 Å². The van der Waals surface area contributed by atoms with E-state index in [0.717, 1.165) is 26.1 Å². The summed E-state index contributed by atoms with van der Waals surface area (Å²) in [6.45, 7) is 7.49. The van der Waals surface area contributed by atoms with Gasteiger partial charge in [-0.05, 0) is 43.0 Å². The van der Waals surface area contributed by atoms with Gasteiger partial charge in [-0.3, -0.25) is 9.69 Å². The van der Waals surface area contributed by atoms with Crippen molar-refractivity contribution < 1.29 is 13.9 Å². The summed E-state index contributed by atoms with van der Waals surface area (Å²) in [5, 5.41) is 3.62. The molecule has 2 aliphatic rings. The lowest BCUT2D eigenvalue weighted by Gasteiger charge is -2.38. The van der Waals surface area contributed by atoms with Crippen molar-refractivity contribution >= 4 is 29.1 Å². The monoisotopic (exact) mass is 416 g/mol. The summed E-state index contributed by atoms with van der Waals surface area (Å²) in [7, 11) is 0. The number of halogens is 3. The van der Waals surface area contributed by atoms with Gasteiger partial charge in [-0.2, -0.15) is 0 Å². The van der Waals surface area contributed by atoms with Crippen LogP contribution in [0.1, 0.15) is 37.0 Å². The Kier molecular flexibility index (Phi) is 6.67. The molecule has 1 unspecified atom stereocenters. The topological polar surface area (TPSA) is 41.6 Å². The molecule has 0 aromatic heterocycles. The fourth-order valence-electron chi connectivity index (χ4n) is 3.81. The van der Waals surface area contributed by atoms with Gasteiger partial charge in [0.1, 0.15) is 6.17 Å². The molecule has 1 aromatic rings. The minimum atomic E-state index is -0.966. The van der Waals surface area contributed by atoms with E-state index in [1.165, 1.54) is 0 Å². The van der Waals surface area contributed by atoms with Crippen LogP contribution in [-0.2, 0) is 4.74 Å². The van der Waals surface area contributed by atoms with Crippen LogP contribution in [0.4, 0.5) is 4.39 Å². The number of benzene rings is 1. The molecule has 0 radical (unpaired) electrons. The number of rotatable bonds is 5. The SMILES string of the molecule is CC1(C)CCOC1CN1CC[C@H](CNC(=O)c2cc(Cl)cc(Cl)c2)[C@H](F)C1. The molecule has 0 saturated carbocycles. The maximum Gasteiger partial charge on any atom is 0.251 e. The highest BCUT2D eigenvalue weighted by Crippen LogP contribution is 2.35. The highest BCUT2D eigenvalue weighted by atomic mass is 35.5. The fraction of sp³-hybridized carbons (Fsp3) is 0.650. The minimum absolute atomic E-state index is 0.148. The van der Waals surface area contributed by atoms with E-state index in [1.54, 1.807) is 18.2 Å². The molecule has 2 fully saturated rings. The molecule has 150 valence electrons. The molecule has 1 aromatic carbocycles. The number of hydrogen-bond donors (Lipinski definition) is 1. The van der Waals surface area contributed by atoms with Crippen molar-refractivity contribution in [2.75, 3.05) is 32.8 Å². The molecule has 4 nitrogen and oxygen atoms in total. The van der Waals surface area contributed by atoms with E-state index in [-0.39, 0.29) is 23.3 Å². The maximum absolute atomic E-state index is 14.7. The molecule has 2 heterocycles. The summed E-state index contributed by atoms with van der Waals surface area (Å²) in [5.74, 6) is -0.465. The van der Waals surface area contributed by atoms with Crippen LogP contribution in [0.15, 0.2) is 18.2 Å². The second-order valence-corrected chi connectivity index (χ2v) is 9.16. The predicted molar refractivity (Wildman–Crippen MR) is 106 cm³/mol. The zero-order valence-electron chi connectivity index (χ0n) is 15.8. The second kappa shape index (κ2) is 8.64.